The molecule has 27 heavy (non-hydrogen) atoms. The molecule has 0 saturated carbocycles. The summed E-state index contributed by atoms with van der Waals surface area (Å²) in [6.07, 6.45) is 1.76. The van der Waals surface area contributed by atoms with Crippen molar-refractivity contribution in [3.8, 4) is 10.7 Å². The van der Waals surface area contributed by atoms with E-state index in [4.69, 9.17) is 4.52 Å². The molecular formula is C19H28N4O2S2. The monoisotopic (exact) mass is 408 g/mol. The fraction of sp³-hybridized carbons (Fsp3) is 0.632. The van der Waals surface area contributed by atoms with Gasteiger partial charge >= 0.3 is 0 Å². The van der Waals surface area contributed by atoms with Crippen molar-refractivity contribution in [3.63, 3.8) is 0 Å². The summed E-state index contributed by atoms with van der Waals surface area (Å²) in [5, 5.41) is 9.15. The Labute approximate surface area is 169 Å². The summed E-state index contributed by atoms with van der Waals surface area (Å²) in [7, 11) is 0. The van der Waals surface area contributed by atoms with Gasteiger partial charge in [-0.25, -0.2) is 0 Å². The third-order valence-corrected chi connectivity index (χ3v) is 6.60. The number of hydrogen-bond acceptors (Lipinski definition) is 7. The zero-order chi connectivity index (χ0) is 19.3. The minimum absolute atomic E-state index is 0.116. The van der Waals surface area contributed by atoms with E-state index >= 15 is 0 Å². The van der Waals surface area contributed by atoms with Gasteiger partial charge in [0.15, 0.2) is 0 Å². The highest BCUT2D eigenvalue weighted by molar-refractivity contribution is 8.00. The van der Waals surface area contributed by atoms with E-state index in [0.717, 1.165) is 43.1 Å². The van der Waals surface area contributed by atoms with E-state index in [9.17, 15) is 4.79 Å². The van der Waals surface area contributed by atoms with Crippen LogP contribution in [0.5, 0.6) is 0 Å². The van der Waals surface area contributed by atoms with Crippen molar-refractivity contribution in [1.29, 1.82) is 0 Å². The number of likely N-dealkylation sites (tertiary alicyclic amines) is 1. The summed E-state index contributed by atoms with van der Waals surface area (Å²) < 4.78 is 5.62. The minimum atomic E-state index is 0.116. The molecule has 1 saturated heterocycles. The van der Waals surface area contributed by atoms with Crippen molar-refractivity contribution in [2.24, 2.45) is 5.92 Å². The zero-order valence-corrected chi connectivity index (χ0v) is 17.9. The SMILES string of the molecule is CC(C)(C)SCCNC(=O)C1CCN(Cc2nc(-c3cccs3)no2)CC1. The molecule has 8 heteroatoms. The molecule has 1 aliphatic heterocycles. The molecule has 3 rings (SSSR count). The molecule has 0 aromatic carbocycles. The lowest BCUT2D eigenvalue weighted by atomic mass is 9.96. The maximum atomic E-state index is 12.3. The van der Waals surface area contributed by atoms with Crippen LogP contribution in [0.3, 0.4) is 0 Å². The van der Waals surface area contributed by atoms with Crippen molar-refractivity contribution in [2.75, 3.05) is 25.4 Å². The Bertz CT molecular complexity index is 716. The predicted molar refractivity (Wildman–Crippen MR) is 111 cm³/mol. The number of thiophene rings is 1. The molecule has 6 nitrogen and oxygen atoms in total. The maximum absolute atomic E-state index is 12.3. The Kier molecular flexibility index (Phi) is 6.94. The topological polar surface area (TPSA) is 71.3 Å². The summed E-state index contributed by atoms with van der Waals surface area (Å²) in [5.41, 5.74) is 0. The van der Waals surface area contributed by atoms with Gasteiger partial charge in [0, 0.05) is 23.0 Å². The molecule has 0 atom stereocenters. The van der Waals surface area contributed by atoms with Crippen LogP contribution in [-0.4, -0.2) is 51.1 Å². The lowest BCUT2D eigenvalue weighted by Crippen LogP contribution is -2.40. The Hall–Kier alpha value is -1.38. The Balaban J connectivity index is 1.38. The first-order valence-electron chi connectivity index (χ1n) is 9.41. The number of nitrogens with zero attached hydrogens (tertiary/aromatic N) is 3. The number of aromatic nitrogens is 2. The van der Waals surface area contributed by atoms with Crippen LogP contribution in [0.25, 0.3) is 10.7 Å². The summed E-state index contributed by atoms with van der Waals surface area (Å²) in [4.78, 5) is 20.1. The van der Waals surface area contributed by atoms with E-state index in [-0.39, 0.29) is 16.6 Å². The fourth-order valence-electron chi connectivity index (χ4n) is 3.05. The molecule has 0 aliphatic carbocycles. The third-order valence-electron chi connectivity index (χ3n) is 4.46. The largest absolute Gasteiger partial charge is 0.355 e. The lowest BCUT2D eigenvalue weighted by molar-refractivity contribution is -0.126. The summed E-state index contributed by atoms with van der Waals surface area (Å²) >= 11 is 3.48. The van der Waals surface area contributed by atoms with E-state index in [2.05, 4.69) is 41.1 Å². The highest BCUT2D eigenvalue weighted by Crippen LogP contribution is 2.24. The van der Waals surface area contributed by atoms with Gasteiger partial charge in [0.05, 0.1) is 11.4 Å². The summed E-state index contributed by atoms with van der Waals surface area (Å²) in [5.74, 6) is 2.56. The van der Waals surface area contributed by atoms with Crippen LogP contribution in [0.15, 0.2) is 22.0 Å². The second-order valence-corrected chi connectivity index (χ2v) is 10.7. The Morgan fingerprint density at radius 1 is 1.41 bits per heavy atom. The van der Waals surface area contributed by atoms with Gasteiger partial charge in [-0.1, -0.05) is 32.0 Å². The van der Waals surface area contributed by atoms with Crippen molar-refractivity contribution in [2.45, 2.75) is 44.9 Å². The number of carbonyl (C=O) groups excluding carboxylic acids is 1. The van der Waals surface area contributed by atoms with Crippen LogP contribution in [0, 0.1) is 5.92 Å². The predicted octanol–water partition coefficient (Wildman–Crippen LogP) is 3.66. The zero-order valence-electron chi connectivity index (χ0n) is 16.2. The van der Waals surface area contributed by atoms with E-state index in [1.54, 1.807) is 11.3 Å². The molecule has 2 aromatic rings. The van der Waals surface area contributed by atoms with Crippen LogP contribution in [0.1, 0.15) is 39.5 Å². The molecule has 1 N–H and O–H groups in total. The minimum Gasteiger partial charge on any atom is -0.355 e. The fourth-order valence-corrected chi connectivity index (χ4v) is 4.51. The van der Waals surface area contributed by atoms with Gasteiger partial charge in [0.2, 0.25) is 17.6 Å². The van der Waals surface area contributed by atoms with E-state index in [0.29, 0.717) is 18.3 Å². The maximum Gasteiger partial charge on any atom is 0.241 e. The smallest absolute Gasteiger partial charge is 0.241 e. The molecule has 148 valence electrons. The van der Waals surface area contributed by atoms with E-state index in [1.807, 2.05) is 29.3 Å². The van der Waals surface area contributed by atoms with Crippen molar-refractivity contribution < 1.29 is 9.32 Å². The first-order chi connectivity index (χ1) is 12.9. The summed E-state index contributed by atoms with van der Waals surface area (Å²) in [6.45, 7) is 9.74. The molecule has 0 spiro atoms. The van der Waals surface area contributed by atoms with Crippen LogP contribution in [-0.2, 0) is 11.3 Å². The van der Waals surface area contributed by atoms with Gasteiger partial charge < -0.3 is 9.84 Å². The summed E-state index contributed by atoms with van der Waals surface area (Å²) in [6, 6.07) is 3.97. The molecule has 1 fully saturated rings. The average Bonchev–Trinajstić information content (AvgIpc) is 3.30. The molecule has 0 bridgehead atoms. The van der Waals surface area contributed by atoms with Crippen molar-refractivity contribution in [3.05, 3.63) is 23.4 Å². The first kappa shape index (κ1) is 20.4. The van der Waals surface area contributed by atoms with Gasteiger partial charge in [-0.15, -0.1) is 11.3 Å². The van der Waals surface area contributed by atoms with Crippen LogP contribution in [0.4, 0.5) is 0 Å². The first-order valence-corrected chi connectivity index (χ1v) is 11.3. The van der Waals surface area contributed by atoms with Gasteiger partial charge in [-0.05, 0) is 37.4 Å². The molecular weight excluding hydrogens is 380 g/mol. The van der Waals surface area contributed by atoms with Gasteiger partial charge in [0.1, 0.15) is 0 Å². The van der Waals surface area contributed by atoms with Gasteiger partial charge in [0.25, 0.3) is 0 Å². The number of nitrogens with one attached hydrogen (secondary N) is 1. The molecule has 2 aromatic heterocycles. The number of carbonyl (C=O) groups is 1. The van der Waals surface area contributed by atoms with E-state index < -0.39 is 0 Å². The van der Waals surface area contributed by atoms with Crippen LogP contribution in [0.2, 0.25) is 0 Å². The Morgan fingerprint density at radius 2 is 2.19 bits per heavy atom. The molecule has 0 radical (unpaired) electrons. The highest BCUT2D eigenvalue weighted by atomic mass is 32.2. The van der Waals surface area contributed by atoms with Crippen molar-refractivity contribution >= 4 is 29.0 Å². The molecule has 1 aliphatic rings. The molecule has 0 unspecified atom stereocenters. The third kappa shape index (κ3) is 6.33. The second-order valence-electron chi connectivity index (χ2n) is 7.79. The number of amides is 1. The van der Waals surface area contributed by atoms with Gasteiger partial charge in [-0.2, -0.15) is 16.7 Å². The average molecular weight is 409 g/mol. The second kappa shape index (κ2) is 9.21. The standard InChI is InChI=1S/C19H28N4O2S2/c1-19(2,3)27-12-8-20-18(24)14-6-9-23(10-7-14)13-16-21-17(22-25-16)15-5-4-11-26-15/h4-5,11,14H,6-10,12-13H2,1-3H3,(H,20,24). The quantitative estimate of drug-likeness (QED) is 0.705. The van der Waals surface area contributed by atoms with Gasteiger partial charge in [-0.3, -0.25) is 9.69 Å². The van der Waals surface area contributed by atoms with Crippen molar-refractivity contribution in [1.82, 2.24) is 20.4 Å². The number of hydrogen-bond donors (Lipinski definition) is 1. The number of rotatable bonds is 7. The lowest BCUT2D eigenvalue weighted by Gasteiger charge is -2.30. The number of thioether (sulfide) groups is 1. The van der Waals surface area contributed by atoms with Crippen LogP contribution >= 0.6 is 23.1 Å². The normalized spacial score (nSPS) is 16.6. The Morgan fingerprint density at radius 3 is 2.85 bits per heavy atom. The number of piperidine rings is 1. The molecule has 1 amide bonds. The van der Waals surface area contributed by atoms with Crippen LogP contribution < -0.4 is 5.32 Å². The molecule has 3 heterocycles. The highest BCUT2D eigenvalue weighted by Gasteiger charge is 2.26. The van der Waals surface area contributed by atoms with E-state index in [1.165, 1.54) is 0 Å².